The van der Waals surface area contributed by atoms with Crippen LogP contribution in [0, 0.1) is 5.82 Å². The zero-order chi connectivity index (χ0) is 23.2. The highest BCUT2D eigenvalue weighted by Crippen LogP contribution is 2.34. The van der Waals surface area contributed by atoms with Crippen molar-refractivity contribution in [1.82, 2.24) is 4.90 Å². The number of hydrogen-bond acceptors (Lipinski definition) is 5. The van der Waals surface area contributed by atoms with Gasteiger partial charge in [0.15, 0.2) is 0 Å². The van der Waals surface area contributed by atoms with Crippen LogP contribution in [-0.2, 0) is 11.4 Å². The number of carbonyl (C=O) groups excluding carboxylic acids is 2. The molecule has 0 spiro atoms. The summed E-state index contributed by atoms with van der Waals surface area (Å²) in [5.74, 6) is 0.274. The quantitative estimate of drug-likeness (QED) is 0.358. The number of hydrogen-bond donors (Lipinski definition) is 0. The first-order chi connectivity index (χ1) is 16.0. The number of benzene rings is 3. The molecule has 3 aromatic rings. The van der Waals surface area contributed by atoms with Crippen molar-refractivity contribution in [2.45, 2.75) is 6.61 Å². The van der Waals surface area contributed by atoms with E-state index >= 15 is 0 Å². The number of carbonyl (C=O) groups is 2. The molecule has 0 bridgehead atoms. The molecule has 0 atom stereocenters. The highest BCUT2D eigenvalue weighted by Gasteiger charge is 2.35. The molecule has 0 aromatic heterocycles. The van der Waals surface area contributed by atoms with Gasteiger partial charge < -0.3 is 9.47 Å². The molecular weight excluding hydrogens is 465 g/mol. The molecule has 3 aromatic carbocycles. The van der Waals surface area contributed by atoms with Crippen molar-refractivity contribution in [1.29, 1.82) is 0 Å². The smallest absolute Gasteiger partial charge is 0.293 e. The van der Waals surface area contributed by atoms with Gasteiger partial charge in [0.25, 0.3) is 11.1 Å². The molecule has 168 valence electrons. The van der Waals surface area contributed by atoms with Crippen molar-refractivity contribution in [2.24, 2.45) is 0 Å². The molecule has 0 saturated carbocycles. The highest BCUT2D eigenvalue weighted by molar-refractivity contribution is 8.18. The largest absolute Gasteiger partial charge is 0.492 e. The Morgan fingerprint density at radius 3 is 2.45 bits per heavy atom. The summed E-state index contributed by atoms with van der Waals surface area (Å²) >= 11 is 7.06. The van der Waals surface area contributed by atoms with Gasteiger partial charge >= 0.3 is 0 Å². The zero-order valence-corrected chi connectivity index (χ0v) is 18.9. The van der Waals surface area contributed by atoms with E-state index in [0.717, 1.165) is 22.2 Å². The van der Waals surface area contributed by atoms with Crippen molar-refractivity contribution in [3.63, 3.8) is 0 Å². The third-order valence-corrected chi connectivity index (χ3v) is 6.09. The van der Waals surface area contributed by atoms with E-state index in [1.807, 2.05) is 36.4 Å². The van der Waals surface area contributed by atoms with E-state index in [2.05, 4.69) is 0 Å². The summed E-state index contributed by atoms with van der Waals surface area (Å²) in [5.41, 5.74) is 1.52. The molecule has 1 aliphatic heterocycles. The average molecular weight is 484 g/mol. The van der Waals surface area contributed by atoms with Gasteiger partial charge in [0.2, 0.25) is 0 Å². The topological polar surface area (TPSA) is 55.8 Å². The van der Waals surface area contributed by atoms with Crippen molar-refractivity contribution in [2.75, 3.05) is 13.2 Å². The summed E-state index contributed by atoms with van der Waals surface area (Å²) in [6.45, 7) is 0.464. The maximum atomic E-state index is 13.0. The molecule has 5 nitrogen and oxygen atoms in total. The van der Waals surface area contributed by atoms with Crippen LogP contribution < -0.4 is 9.47 Å². The number of imide groups is 1. The molecular formula is C25H19ClFNO4S. The SMILES string of the molecule is O=C1S/C(=C\c2ccccc2OCc2ccccc2Cl)C(=O)N1CCOc1ccc(F)cc1. The van der Waals surface area contributed by atoms with Crippen LogP contribution in [0.2, 0.25) is 5.02 Å². The summed E-state index contributed by atoms with van der Waals surface area (Å²) in [5, 5.41) is 0.238. The Balaban J connectivity index is 1.41. The van der Waals surface area contributed by atoms with Gasteiger partial charge in [-0.3, -0.25) is 14.5 Å². The van der Waals surface area contributed by atoms with Gasteiger partial charge in [-0.2, -0.15) is 0 Å². The highest BCUT2D eigenvalue weighted by atomic mass is 35.5. The van der Waals surface area contributed by atoms with Gasteiger partial charge in [-0.05, 0) is 54.2 Å². The Morgan fingerprint density at radius 1 is 0.939 bits per heavy atom. The van der Waals surface area contributed by atoms with Crippen LogP contribution in [0.25, 0.3) is 6.08 Å². The van der Waals surface area contributed by atoms with Crippen LogP contribution in [0.3, 0.4) is 0 Å². The fourth-order valence-electron chi connectivity index (χ4n) is 3.12. The molecule has 1 fully saturated rings. The number of para-hydroxylation sites is 1. The number of thioether (sulfide) groups is 1. The first-order valence-electron chi connectivity index (χ1n) is 10.1. The van der Waals surface area contributed by atoms with Crippen LogP contribution in [0.1, 0.15) is 11.1 Å². The van der Waals surface area contributed by atoms with Crippen molar-refractivity contribution in [3.05, 3.63) is 99.7 Å². The van der Waals surface area contributed by atoms with Crippen LogP contribution in [0.15, 0.2) is 77.7 Å². The Kier molecular flexibility index (Phi) is 7.32. The summed E-state index contributed by atoms with van der Waals surface area (Å²) in [6, 6.07) is 20.2. The number of halogens is 2. The van der Waals surface area contributed by atoms with Crippen LogP contribution >= 0.6 is 23.4 Å². The zero-order valence-electron chi connectivity index (χ0n) is 17.4. The predicted molar refractivity (Wildman–Crippen MR) is 127 cm³/mol. The van der Waals surface area contributed by atoms with Crippen molar-refractivity contribution in [3.8, 4) is 11.5 Å². The fraction of sp³-hybridized carbons (Fsp3) is 0.120. The third-order valence-electron chi connectivity index (χ3n) is 4.82. The molecule has 1 saturated heterocycles. The van der Waals surface area contributed by atoms with Gasteiger partial charge in [0, 0.05) is 16.1 Å². The standard InChI is InChI=1S/C25H19ClFNO4S/c26-21-7-3-1-6-18(21)16-32-22-8-4-2-5-17(22)15-23-24(29)28(25(30)33-23)13-14-31-20-11-9-19(27)10-12-20/h1-12,15H,13-14,16H2/b23-15-. The molecule has 1 aliphatic rings. The second kappa shape index (κ2) is 10.6. The Hall–Kier alpha value is -3.29. The van der Waals surface area contributed by atoms with E-state index in [-0.39, 0.29) is 30.8 Å². The van der Waals surface area contributed by atoms with Gasteiger partial charge in [-0.1, -0.05) is 48.0 Å². The number of nitrogens with zero attached hydrogens (tertiary/aromatic N) is 1. The average Bonchev–Trinajstić information content (AvgIpc) is 3.08. The van der Waals surface area contributed by atoms with Crippen LogP contribution in [-0.4, -0.2) is 29.2 Å². The molecule has 0 radical (unpaired) electrons. The maximum absolute atomic E-state index is 13.0. The predicted octanol–water partition coefficient (Wildman–Crippen LogP) is 6.17. The van der Waals surface area contributed by atoms with E-state index in [1.165, 1.54) is 24.3 Å². The van der Waals surface area contributed by atoms with Crippen LogP contribution in [0.4, 0.5) is 9.18 Å². The van der Waals surface area contributed by atoms with E-state index < -0.39 is 5.91 Å². The normalized spacial score (nSPS) is 14.7. The number of rotatable bonds is 8. The Morgan fingerprint density at radius 2 is 1.67 bits per heavy atom. The summed E-state index contributed by atoms with van der Waals surface area (Å²) in [6.07, 6.45) is 1.65. The monoisotopic (exact) mass is 483 g/mol. The molecule has 4 rings (SSSR count). The van der Waals surface area contributed by atoms with E-state index in [9.17, 15) is 14.0 Å². The lowest BCUT2D eigenvalue weighted by molar-refractivity contribution is -0.123. The molecule has 8 heteroatoms. The minimum Gasteiger partial charge on any atom is -0.492 e. The van der Waals surface area contributed by atoms with Gasteiger partial charge in [0.1, 0.15) is 30.5 Å². The Labute approximate surface area is 199 Å². The number of ether oxygens (including phenoxy) is 2. The number of amides is 2. The van der Waals surface area contributed by atoms with E-state index in [0.29, 0.717) is 27.0 Å². The third kappa shape index (κ3) is 5.74. The van der Waals surface area contributed by atoms with Gasteiger partial charge in [-0.25, -0.2) is 4.39 Å². The molecule has 0 N–H and O–H groups in total. The summed E-state index contributed by atoms with van der Waals surface area (Å²) < 4.78 is 24.4. The molecule has 0 aliphatic carbocycles. The van der Waals surface area contributed by atoms with Gasteiger partial charge in [-0.15, -0.1) is 0 Å². The maximum Gasteiger partial charge on any atom is 0.293 e. The minimum absolute atomic E-state index is 0.0873. The molecule has 1 heterocycles. The minimum atomic E-state index is -0.395. The van der Waals surface area contributed by atoms with Crippen molar-refractivity contribution < 1.29 is 23.5 Å². The Bertz CT molecular complexity index is 1200. The first kappa shape index (κ1) is 22.9. The van der Waals surface area contributed by atoms with Gasteiger partial charge in [0.05, 0.1) is 11.4 Å². The lowest BCUT2D eigenvalue weighted by atomic mass is 10.1. The summed E-state index contributed by atoms with van der Waals surface area (Å²) in [7, 11) is 0. The van der Waals surface area contributed by atoms with E-state index in [4.69, 9.17) is 21.1 Å². The van der Waals surface area contributed by atoms with Crippen molar-refractivity contribution >= 4 is 40.6 Å². The fourth-order valence-corrected chi connectivity index (χ4v) is 4.17. The first-order valence-corrected chi connectivity index (χ1v) is 11.3. The molecule has 33 heavy (non-hydrogen) atoms. The van der Waals surface area contributed by atoms with Crippen LogP contribution in [0.5, 0.6) is 11.5 Å². The lowest BCUT2D eigenvalue weighted by Crippen LogP contribution is -2.32. The second-order valence-electron chi connectivity index (χ2n) is 7.05. The molecule has 0 unspecified atom stereocenters. The second-order valence-corrected chi connectivity index (χ2v) is 8.45. The molecule has 2 amide bonds. The summed E-state index contributed by atoms with van der Waals surface area (Å²) in [4.78, 5) is 26.6. The lowest BCUT2D eigenvalue weighted by Gasteiger charge is -2.13. The van der Waals surface area contributed by atoms with E-state index in [1.54, 1.807) is 18.2 Å².